The SMILES string of the molecule is CC1CC(=NNC(=O)NC(C)C)C1. The monoisotopic (exact) mass is 183 g/mol. The molecule has 2 amide bonds. The van der Waals surface area contributed by atoms with E-state index in [1.54, 1.807) is 0 Å². The van der Waals surface area contributed by atoms with Crippen molar-refractivity contribution in [2.75, 3.05) is 0 Å². The number of hydrazone groups is 1. The van der Waals surface area contributed by atoms with Crippen LogP contribution in [-0.2, 0) is 0 Å². The Kier molecular flexibility index (Phi) is 3.28. The average molecular weight is 183 g/mol. The summed E-state index contributed by atoms with van der Waals surface area (Å²) in [4.78, 5) is 11.1. The molecule has 4 nitrogen and oxygen atoms in total. The summed E-state index contributed by atoms with van der Waals surface area (Å²) in [7, 11) is 0. The molecule has 0 radical (unpaired) electrons. The van der Waals surface area contributed by atoms with Gasteiger partial charge >= 0.3 is 6.03 Å². The van der Waals surface area contributed by atoms with Crippen LogP contribution in [0.3, 0.4) is 0 Å². The van der Waals surface area contributed by atoms with Crippen LogP contribution >= 0.6 is 0 Å². The molecule has 1 rings (SSSR count). The zero-order valence-corrected chi connectivity index (χ0v) is 8.42. The highest BCUT2D eigenvalue weighted by molar-refractivity contribution is 5.90. The minimum absolute atomic E-state index is 0.153. The summed E-state index contributed by atoms with van der Waals surface area (Å²) in [5.41, 5.74) is 3.56. The molecular formula is C9H17N3O. The maximum absolute atomic E-state index is 11.1. The molecule has 0 bridgehead atoms. The number of hydrogen-bond donors (Lipinski definition) is 2. The van der Waals surface area contributed by atoms with Crippen LogP contribution in [-0.4, -0.2) is 17.8 Å². The Balaban J connectivity index is 2.19. The molecule has 74 valence electrons. The van der Waals surface area contributed by atoms with Crippen LogP contribution in [0.5, 0.6) is 0 Å². The third-order valence-electron chi connectivity index (χ3n) is 1.90. The Hall–Kier alpha value is -1.06. The first-order valence-electron chi connectivity index (χ1n) is 4.70. The second-order valence-electron chi connectivity index (χ2n) is 3.93. The van der Waals surface area contributed by atoms with E-state index in [9.17, 15) is 4.79 Å². The third-order valence-corrected chi connectivity index (χ3v) is 1.90. The number of hydrogen-bond acceptors (Lipinski definition) is 2. The summed E-state index contributed by atoms with van der Waals surface area (Å²) in [6, 6.07) is -0.0671. The second kappa shape index (κ2) is 4.25. The lowest BCUT2D eigenvalue weighted by Gasteiger charge is -2.23. The summed E-state index contributed by atoms with van der Waals surface area (Å²) in [5, 5.41) is 6.69. The molecular weight excluding hydrogens is 166 g/mol. The van der Waals surface area contributed by atoms with Crippen molar-refractivity contribution in [2.45, 2.75) is 39.7 Å². The minimum atomic E-state index is -0.220. The van der Waals surface area contributed by atoms with Crippen LogP contribution < -0.4 is 10.7 Å². The molecule has 1 fully saturated rings. The van der Waals surface area contributed by atoms with Gasteiger partial charge < -0.3 is 5.32 Å². The highest BCUT2D eigenvalue weighted by Crippen LogP contribution is 2.22. The molecule has 0 spiro atoms. The normalized spacial score (nSPS) is 20.9. The molecule has 4 heteroatoms. The summed E-state index contributed by atoms with van der Waals surface area (Å²) >= 11 is 0. The van der Waals surface area contributed by atoms with Gasteiger partial charge in [-0.15, -0.1) is 0 Å². The smallest absolute Gasteiger partial charge is 0.335 e. The number of carbonyl (C=O) groups is 1. The summed E-state index contributed by atoms with van der Waals surface area (Å²) in [6.07, 6.45) is 2.03. The van der Waals surface area contributed by atoms with Gasteiger partial charge in [0.2, 0.25) is 0 Å². The Morgan fingerprint density at radius 2 is 2.15 bits per heavy atom. The van der Waals surface area contributed by atoms with E-state index in [1.165, 1.54) is 0 Å². The fourth-order valence-corrected chi connectivity index (χ4v) is 1.26. The summed E-state index contributed by atoms with van der Waals surface area (Å²) < 4.78 is 0. The second-order valence-corrected chi connectivity index (χ2v) is 3.93. The van der Waals surface area contributed by atoms with Crippen LogP contribution in [0.25, 0.3) is 0 Å². The van der Waals surface area contributed by atoms with Crippen molar-refractivity contribution in [1.29, 1.82) is 0 Å². The van der Waals surface area contributed by atoms with Crippen LogP contribution in [0.4, 0.5) is 4.79 Å². The van der Waals surface area contributed by atoms with Crippen molar-refractivity contribution in [1.82, 2.24) is 10.7 Å². The highest BCUT2D eigenvalue weighted by atomic mass is 16.2. The molecule has 1 saturated carbocycles. The first kappa shape index (κ1) is 10.0. The fourth-order valence-electron chi connectivity index (χ4n) is 1.26. The largest absolute Gasteiger partial charge is 0.335 e. The van der Waals surface area contributed by atoms with Crippen molar-refractivity contribution in [3.05, 3.63) is 0 Å². The predicted molar refractivity (Wildman–Crippen MR) is 52.6 cm³/mol. The molecule has 1 aliphatic carbocycles. The van der Waals surface area contributed by atoms with Crippen molar-refractivity contribution in [3.8, 4) is 0 Å². The maximum Gasteiger partial charge on any atom is 0.335 e. The number of amides is 2. The molecule has 0 aromatic heterocycles. The molecule has 1 aliphatic rings. The molecule has 0 heterocycles. The number of rotatable bonds is 2. The van der Waals surface area contributed by atoms with E-state index in [0.717, 1.165) is 24.5 Å². The zero-order chi connectivity index (χ0) is 9.84. The van der Waals surface area contributed by atoms with E-state index in [4.69, 9.17) is 0 Å². The van der Waals surface area contributed by atoms with Crippen molar-refractivity contribution in [3.63, 3.8) is 0 Å². The molecule has 0 aliphatic heterocycles. The third kappa shape index (κ3) is 3.44. The van der Waals surface area contributed by atoms with Gasteiger partial charge in [-0.2, -0.15) is 5.10 Å². The quantitative estimate of drug-likeness (QED) is 0.626. The van der Waals surface area contributed by atoms with Gasteiger partial charge in [-0.1, -0.05) is 6.92 Å². The van der Waals surface area contributed by atoms with E-state index in [1.807, 2.05) is 13.8 Å². The predicted octanol–water partition coefficient (Wildman–Crippen LogP) is 1.48. The summed E-state index contributed by atoms with van der Waals surface area (Å²) in [5.74, 6) is 0.730. The fraction of sp³-hybridized carbons (Fsp3) is 0.778. The number of carbonyl (C=O) groups excluding carboxylic acids is 1. The first-order chi connectivity index (χ1) is 6.08. The molecule has 0 atom stereocenters. The molecule has 0 saturated heterocycles. The molecule has 0 aromatic rings. The standard InChI is InChI=1S/C9H17N3O/c1-6(2)10-9(13)12-11-8-4-7(3)5-8/h6-7H,4-5H2,1-3H3,(H2,10,12,13). The van der Waals surface area contributed by atoms with E-state index in [0.29, 0.717) is 0 Å². The number of nitrogens with one attached hydrogen (secondary N) is 2. The lowest BCUT2D eigenvalue weighted by atomic mass is 9.85. The first-order valence-corrected chi connectivity index (χ1v) is 4.70. The van der Waals surface area contributed by atoms with Gasteiger partial charge in [-0.3, -0.25) is 0 Å². The van der Waals surface area contributed by atoms with Gasteiger partial charge in [0.1, 0.15) is 0 Å². The van der Waals surface area contributed by atoms with E-state index in [-0.39, 0.29) is 12.1 Å². The Morgan fingerprint density at radius 1 is 1.54 bits per heavy atom. The topological polar surface area (TPSA) is 53.5 Å². The van der Waals surface area contributed by atoms with Crippen molar-refractivity contribution in [2.24, 2.45) is 11.0 Å². The molecule has 0 unspecified atom stereocenters. The van der Waals surface area contributed by atoms with Gasteiger partial charge in [0.25, 0.3) is 0 Å². The van der Waals surface area contributed by atoms with Crippen LogP contribution in [0.15, 0.2) is 5.10 Å². The van der Waals surface area contributed by atoms with Crippen molar-refractivity contribution < 1.29 is 4.79 Å². The van der Waals surface area contributed by atoms with E-state index >= 15 is 0 Å². The number of nitrogens with zero attached hydrogens (tertiary/aromatic N) is 1. The van der Waals surface area contributed by atoms with Gasteiger partial charge in [-0.05, 0) is 32.6 Å². The average Bonchev–Trinajstić information content (AvgIpc) is 1.94. The van der Waals surface area contributed by atoms with Gasteiger partial charge in [0.15, 0.2) is 0 Å². The van der Waals surface area contributed by atoms with Crippen LogP contribution in [0.2, 0.25) is 0 Å². The number of urea groups is 1. The van der Waals surface area contributed by atoms with Crippen LogP contribution in [0.1, 0.15) is 33.6 Å². The maximum atomic E-state index is 11.1. The lowest BCUT2D eigenvalue weighted by molar-refractivity contribution is 0.239. The van der Waals surface area contributed by atoms with Gasteiger partial charge in [0.05, 0.1) is 0 Å². The Bertz CT molecular complexity index is 215. The molecule has 0 aromatic carbocycles. The summed E-state index contributed by atoms with van der Waals surface area (Å²) in [6.45, 7) is 6.00. The Labute approximate surface area is 78.8 Å². The van der Waals surface area contributed by atoms with Gasteiger partial charge in [0, 0.05) is 11.8 Å². The van der Waals surface area contributed by atoms with E-state index < -0.39 is 0 Å². The van der Waals surface area contributed by atoms with Crippen LogP contribution in [0, 0.1) is 5.92 Å². The minimum Gasteiger partial charge on any atom is -0.335 e. The molecule has 13 heavy (non-hydrogen) atoms. The van der Waals surface area contributed by atoms with Crippen molar-refractivity contribution >= 4 is 11.7 Å². The zero-order valence-electron chi connectivity index (χ0n) is 8.42. The van der Waals surface area contributed by atoms with Gasteiger partial charge in [-0.25, -0.2) is 10.2 Å². The van der Waals surface area contributed by atoms with E-state index in [2.05, 4.69) is 22.8 Å². The molecule has 2 N–H and O–H groups in total. The lowest BCUT2D eigenvalue weighted by Crippen LogP contribution is -2.38. The highest BCUT2D eigenvalue weighted by Gasteiger charge is 2.19. The Morgan fingerprint density at radius 3 is 2.62 bits per heavy atom.